The molecule has 0 bridgehead atoms. The van der Waals surface area contributed by atoms with Crippen molar-refractivity contribution in [2.45, 2.75) is 63.2 Å². The molecule has 1 aromatic heterocycles. The molecule has 7 rings (SSSR count). The summed E-state index contributed by atoms with van der Waals surface area (Å²) in [5.41, 5.74) is 0.359. The largest absolute Gasteiger partial charge is 0.435 e. The Labute approximate surface area is 292 Å². The summed E-state index contributed by atoms with van der Waals surface area (Å²) in [7, 11) is 0. The molecule has 1 aromatic carbocycles. The van der Waals surface area contributed by atoms with Crippen LogP contribution in [0.5, 0.6) is 0 Å². The van der Waals surface area contributed by atoms with Gasteiger partial charge < -0.3 is 20.0 Å². The molecule has 16 heteroatoms. The summed E-state index contributed by atoms with van der Waals surface area (Å²) in [5, 5.41) is 4.78. The number of carbonyl (C=O) groups is 4. The van der Waals surface area contributed by atoms with Gasteiger partial charge in [0.15, 0.2) is 5.69 Å². The van der Waals surface area contributed by atoms with Gasteiger partial charge in [0.25, 0.3) is 11.8 Å². The Kier molecular flexibility index (Phi) is 9.74. The molecule has 2 atom stereocenters. The molecule has 6 heterocycles. The van der Waals surface area contributed by atoms with Crippen LogP contribution in [0, 0.1) is 11.8 Å². The standard InChI is InChI=1S/C34H40ClF3N8O4/c35-26-16-39-33(42-29(26)34(36,37)38)40-22-9-12-44(19-22)18-20-5-10-43(11-6-20)17-21-7-13-45(14-8-21)23-1-2-24-25(15-23)32(50)46(31(24)49)27-3-4-28(47)41-30(27)48/h1-2,15-16,20-22,27H,3-14,17-19H2,(H,39,40,42)(H,41,47,48). The molecule has 4 saturated heterocycles. The maximum atomic E-state index is 13.3. The summed E-state index contributed by atoms with van der Waals surface area (Å²) in [4.78, 5) is 66.0. The number of imide groups is 2. The fraction of sp³-hybridized carbons (Fsp3) is 0.588. The number of carbonyl (C=O) groups excluding carboxylic acids is 4. The molecular formula is C34H40ClF3N8O4. The fourth-order valence-electron chi connectivity index (χ4n) is 8.05. The molecule has 0 aliphatic carbocycles. The zero-order chi connectivity index (χ0) is 35.2. The predicted octanol–water partition coefficient (Wildman–Crippen LogP) is 3.66. The van der Waals surface area contributed by atoms with Gasteiger partial charge in [-0.2, -0.15) is 13.2 Å². The molecule has 5 aliphatic heterocycles. The van der Waals surface area contributed by atoms with Gasteiger partial charge in [0, 0.05) is 57.4 Å². The smallest absolute Gasteiger partial charge is 0.371 e. The average molecular weight is 717 g/mol. The molecule has 0 spiro atoms. The number of likely N-dealkylation sites (tertiary alicyclic amines) is 2. The maximum Gasteiger partial charge on any atom is 0.435 e. The minimum absolute atomic E-state index is 0.0180. The van der Waals surface area contributed by atoms with Crippen molar-refractivity contribution in [3.05, 3.63) is 46.2 Å². The van der Waals surface area contributed by atoms with Crippen molar-refractivity contribution < 1.29 is 32.3 Å². The van der Waals surface area contributed by atoms with Crippen LogP contribution in [0.4, 0.5) is 24.8 Å². The normalized spacial score (nSPS) is 24.6. The number of fused-ring (bicyclic) bond motifs is 1. The van der Waals surface area contributed by atoms with Crippen molar-refractivity contribution >= 4 is 46.9 Å². The highest BCUT2D eigenvalue weighted by molar-refractivity contribution is 6.31. The monoisotopic (exact) mass is 716 g/mol. The number of benzene rings is 1. The van der Waals surface area contributed by atoms with Gasteiger partial charge in [-0.15, -0.1) is 0 Å². The molecule has 12 nitrogen and oxygen atoms in total. The lowest BCUT2D eigenvalue weighted by atomic mass is 9.92. The summed E-state index contributed by atoms with van der Waals surface area (Å²) < 4.78 is 39.5. The highest BCUT2D eigenvalue weighted by Crippen LogP contribution is 2.34. The second-order valence-electron chi connectivity index (χ2n) is 14.1. The van der Waals surface area contributed by atoms with Crippen LogP contribution >= 0.6 is 11.6 Å². The first-order valence-corrected chi connectivity index (χ1v) is 17.7. The van der Waals surface area contributed by atoms with E-state index in [9.17, 15) is 32.3 Å². The zero-order valence-corrected chi connectivity index (χ0v) is 28.3. The van der Waals surface area contributed by atoms with E-state index in [4.69, 9.17) is 11.6 Å². The minimum Gasteiger partial charge on any atom is -0.371 e. The van der Waals surface area contributed by atoms with E-state index in [0.29, 0.717) is 23.0 Å². The molecular weight excluding hydrogens is 677 g/mol. The van der Waals surface area contributed by atoms with E-state index in [1.54, 1.807) is 12.1 Å². The van der Waals surface area contributed by atoms with E-state index < -0.39 is 46.6 Å². The van der Waals surface area contributed by atoms with E-state index in [1.807, 2.05) is 6.07 Å². The summed E-state index contributed by atoms with van der Waals surface area (Å²) >= 11 is 5.65. The quantitative estimate of drug-likeness (QED) is 0.391. The maximum absolute atomic E-state index is 13.3. The Balaban J connectivity index is 0.837. The third kappa shape index (κ3) is 7.31. The van der Waals surface area contributed by atoms with E-state index in [2.05, 4.69) is 35.3 Å². The Morgan fingerprint density at radius 2 is 1.52 bits per heavy atom. The number of rotatable bonds is 8. The number of aromatic nitrogens is 2. The summed E-state index contributed by atoms with van der Waals surface area (Å²) in [6.45, 7) is 7.42. The third-order valence-corrected chi connectivity index (χ3v) is 11.0. The van der Waals surface area contributed by atoms with Crippen LogP contribution in [-0.2, 0) is 15.8 Å². The van der Waals surface area contributed by atoms with Gasteiger partial charge >= 0.3 is 6.18 Å². The van der Waals surface area contributed by atoms with Gasteiger partial charge in [-0.25, -0.2) is 9.97 Å². The summed E-state index contributed by atoms with van der Waals surface area (Å²) in [6.07, 6.45) is 1.66. The van der Waals surface area contributed by atoms with Crippen LogP contribution in [0.1, 0.15) is 71.4 Å². The number of piperidine rings is 3. The first kappa shape index (κ1) is 34.6. The molecule has 0 radical (unpaired) electrons. The van der Waals surface area contributed by atoms with Gasteiger partial charge in [-0.05, 0) is 81.6 Å². The van der Waals surface area contributed by atoms with Gasteiger partial charge in [-0.3, -0.25) is 29.4 Å². The van der Waals surface area contributed by atoms with Crippen LogP contribution in [0.25, 0.3) is 0 Å². The second-order valence-corrected chi connectivity index (χ2v) is 14.5. The van der Waals surface area contributed by atoms with E-state index in [-0.39, 0.29) is 24.8 Å². The fourth-order valence-corrected chi connectivity index (χ4v) is 8.24. The van der Waals surface area contributed by atoms with Gasteiger partial charge in [0.1, 0.15) is 6.04 Å². The average Bonchev–Trinajstić information content (AvgIpc) is 3.63. The second kappa shape index (κ2) is 14.1. The number of hydrogen-bond acceptors (Lipinski definition) is 10. The number of anilines is 2. The third-order valence-electron chi connectivity index (χ3n) is 10.8. The first-order valence-electron chi connectivity index (χ1n) is 17.3. The molecule has 2 unspecified atom stereocenters. The predicted molar refractivity (Wildman–Crippen MR) is 178 cm³/mol. The van der Waals surface area contributed by atoms with Crippen molar-refractivity contribution in [3.63, 3.8) is 0 Å². The number of nitrogens with one attached hydrogen (secondary N) is 2. The topological polar surface area (TPSA) is 131 Å². The lowest BCUT2D eigenvalue weighted by molar-refractivity contribution is -0.141. The first-order chi connectivity index (χ1) is 23.9. The molecule has 4 amide bonds. The lowest BCUT2D eigenvalue weighted by Gasteiger charge is -2.39. The molecule has 5 aliphatic rings. The minimum atomic E-state index is -4.63. The van der Waals surface area contributed by atoms with E-state index >= 15 is 0 Å². The van der Waals surface area contributed by atoms with Gasteiger partial charge in [0.2, 0.25) is 17.8 Å². The van der Waals surface area contributed by atoms with Crippen molar-refractivity contribution in [3.8, 4) is 0 Å². The van der Waals surface area contributed by atoms with Crippen molar-refractivity contribution in [2.75, 3.05) is 62.6 Å². The zero-order valence-electron chi connectivity index (χ0n) is 27.6. The molecule has 268 valence electrons. The Hall–Kier alpha value is -3.82. The highest BCUT2D eigenvalue weighted by atomic mass is 35.5. The molecule has 2 N–H and O–H groups in total. The molecule has 2 aromatic rings. The molecule has 50 heavy (non-hydrogen) atoms. The van der Waals surface area contributed by atoms with Crippen LogP contribution in [0.3, 0.4) is 0 Å². The molecule has 4 fully saturated rings. The van der Waals surface area contributed by atoms with Gasteiger partial charge in [0.05, 0.1) is 22.3 Å². The Morgan fingerprint density at radius 3 is 2.22 bits per heavy atom. The van der Waals surface area contributed by atoms with Crippen LogP contribution < -0.4 is 15.5 Å². The highest BCUT2D eigenvalue weighted by Gasteiger charge is 2.45. The SMILES string of the molecule is O=C1CCC(N2C(=O)c3ccc(N4CCC(CN5CCC(CN6CCC(Nc7ncc(Cl)c(C(F)(F)F)n7)C6)CC5)CC4)cc3C2=O)C(=O)N1. The number of halogens is 4. The van der Waals surface area contributed by atoms with Crippen LogP contribution in [0.15, 0.2) is 24.4 Å². The van der Waals surface area contributed by atoms with Crippen molar-refractivity contribution in [1.29, 1.82) is 0 Å². The van der Waals surface area contributed by atoms with Crippen LogP contribution in [0.2, 0.25) is 5.02 Å². The number of nitrogens with zero attached hydrogens (tertiary/aromatic N) is 6. The van der Waals surface area contributed by atoms with E-state index in [1.165, 1.54) is 0 Å². The van der Waals surface area contributed by atoms with Crippen molar-refractivity contribution in [2.24, 2.45) is 11.8 Å². The molecule has 0 saturated carbocycles. The summed E-state index contributed by atoms with van der Waals surface area (Å²) in [5.74, 6) is -0.896. The summed E-state index contributed by atoms with van der Waals surface area (Å²) in [6, 6.07) is 4.32. The van der Waals surface area contributed by atoms with Crippen molar-refractivity contribution in [1.82, 2.24) is 30.0 Å². The number of hydrogen-bond donors (Lipinski definition) is 2. The Morgan fingerprint density at radius 1 is 0.860 bits per heavy atom. The lowest BCUT2D eigenvalue weighted by Crippen LogP contribution is -2.54. The number of amides is 4. The Bertz CT molecular complexity index is 1660. The van der Waals surface area contributed by atoms with Crippen LogP contribution in [-0.4, -0.2) is 113 Å². The number of alkyl halides is 3. The van der Waals surface area contributed by atoms with Gasteiger partial charge in [-0.1, -0.05) is 11.6 Å². The van der Waals surface area contributed by atoms with E-state index in [0.717, 1.165) is 101 Å².